The number of halogens is 1. The topological polar surface area (TPSA) is 85.2 Å². The third-order valence-electron chi connectivity index (χ3n) is 4.55. The van der Waals surface area contributed by atoms with Crippen LogP contribution in [0, 0.1) is 5.92 Å². The molecule has 1 aliphatic rings. The van der Waals surface area contributed by atoms with Crippen LogP contribution >= 0.6 is 35.2 Å². The number of esters is 1. The summed E-state index contributed by atoms with van der Waals surface area (Å²) < 4.78 is 6.61. The van der Waals surface area contributed by atoms with Crippen LogP contribution in [0.3, 0.4) is 0 Å². The van der Waals surface area contributed by atoms with E-state index in [4.69, 9.17) is 28.6 Å². The maximum absolute atomic E-state index is 12.5. The SMILES string of the molecule is CCOC(=O)c1c(NC(=S)NC(=O)c2c(Cl)cnn2C)sc2c1CC[C@@H](C)C2. The molecule has 0 aromatic carbocycles. The number of carbonyl (C=O) groups excluding carboxylic acids is 2. The predicted molar refractivity (Wildman–Crippen MR) is 113 cm³/mol. The monoisotopic (exact) mass is 440 g/mol. The quantitative estimate of drug-likeness (QED) is 0.558. The average molecular weight is 441 g/mol. The number of nitrogens with one attached hydrogen (secondary N) is 2. The Morgan fingerprint density at radius 1 is 1.50 bits per heavy atom. The minimum Gasteiger partial charge on any atom is -0.462 e. The van der Waals surface area contributed by atoms with Crippen LogP contribution in [0.25, 0.3) is 0 Å². The Hall–Kier alpha value is -1.97. The Bertz CT molecular complexity index is 918. The molecule has 3 rings (SSSR count). The molecule has 1 amide bonds. The first kappa shape index (κ1) is 20.8. The van der Waals surface area contributed by atoms with Crippen molar-refractivity contribution in [3.05, 3.63) is 32.9 Å². The van der Waals surface area contributed by atoms with Crippen LogP contribution in [0.2, 0.25) is 5.02 Å². The number of thiocarbonyl (C=S) groups is 1. The van der Waals surface area contributed by atoms with E-state index < -0.39 is 5.91 Å². The standard InChI is InChI=1S/C18H21ClN4O3S2/c1-4-26-17(25)13-10-6-5-9(2)7-12(10)28-16(13)22-18(27)21-15(24)14-11(19)8-20-23(14)3/h8-9H,4-7H2,1-3H3,(H2,21,22,24,27)/t9-/m1/s1. The fourth-order valence-corrected chi connectivity index (χ4v) is 5.14. The molecule has 1 atom stereocenters. The van der Waals surface area contributed by atoms with Gasteiger partial charge in [0.05, 0.1) is 23.4 Å². The maximum Gasteiger partial charge on any atom is 0.341 e. The maximum atomic E-state index is 12.5. The van der Waals surface area contributed by atoms with Gasteiger partial charge < -0.3 is 10.1 Å². The fourth-order valence-electron chi connectivity index (χ4n) is 3.22. The molecule has 150 valence electrons. The molecule has 0 spiro atoms. The molecule has 2 heterocycles. The van der Waals surface area contributed by atoms with Crippen LogP contribution in [0.4, 0.5) is 5.00 Å². The average Bonchev–Trinajstić information content (AvgIpc) is 3.13. The second-order valence-electron chi connectivity index (χ2n) is 6.65. The van der Waals surface area contributed by atoms with E-state index in [9.17, 15) is 9.59 Å². The van der Waals surface area contributed by atoms with Crippen LogP contribution in [0.15, 0.2) is 6.20 Å². The van der Waals surface area contributed by atoms with Gasteiger partial charge in [-0.25, -0.2) is 4.79 Å². The number of aryl methyl sites for hydroxylation is 1. The van der Waals surface area contributed by atoms with Gasteiger partial charge in [-0.3, -0.25) is 14.8 Å². The van der Waals surface area contributed by atoms with Crippen molar-refractivity contribution < 1.29 is 14.3 Å². The minimum atomic E-state index is -0.477. The first-order chi connectivity index (χ1) is 13.3. The number of anilines is 1. The summed E-state index contributed by atoms with van der Waals surface area (Å²) in [4.78, 5) is 26.1. The van der Waals surface area contributed by atoms with Gasteiger partial charge in [-0.15, -0.1) is 11.3 Å². The number of nitrogens with zero attached hydrogens (tertiary/aromatic N) is 2. The molecule has 0 fully saturated rings. The Morgan fingerprint density at radius 2 is 2.25 bits per heavy atom. The van der Waals surface area contributed by atoms with Gasteiger partial charge in [0.2, 0.25) is 0 Å². The van der Waals surface area contributed by atoms with Crippen LogP contribution in [-0.2, 0) is 24.6 Å². The first-order valence-corrected chi connectivity index (χ1v) is 10.5. The van der Waals surface area contributed by atoms with Crippen molar-refractivity contribution in [1.29, 1.82) is 0 Å². The van der Waals surface area contributed by atoms with Gasteiger partial charge in [0.15, 0.2) is 5.11 Å². The zero-order chi connectivity index (χ0) is 20.4. The number of thiophene rings is 1. The molecular weight excluding hydrogens is 420 g/mol. The number of aromatic nitrogens is 2. The molecule has 0 bridgehead atoms. The van der Waals surface area contributed by atoms with Crippen molar-refractivity contribution in [2.75, 3.05) is 11.9 Å². The summed E-state index contributed by atoms with van der Waals surface area (Å²) in [5.74, 6) is -0.288. The Morgan fingerprint density at radius 3 is 2.89 bits per heavy atom. The van der Waals surface area contributed by atoms with E-state index in [1.807, 2.05) is 0 Å². The summed E-state index contributed by atoms with van der Waals surface area (Å²) in [6.45, 7) is 4.26. The summed E-state index contributed by atoms with van der Waals surface area (Å²) >= 11 is 12.8. The summed E-state index contributed by atoms with van der Waals surface area (Å²) in [6.07, 6.45) is 4.15. The van der Waals surface area contributed by atoms with Crippen molar-refractivity contribution in [3.63, 3.8) is 0 Å². The zero-order valence-corrected chi connectivity index (χ0v) is 18.2. The third kappa shape index (κ3) is 4.21. The van der Waals surface area contributed by atoms with Gasteiger partial charge in [0.25, 0.3) is 5.91 Å². The van der Waals surface area contributed by atoms with Gasteiger partial charge in [-0.1, -0.05) is 18.5 Å². The molecule has 0 radical (unpaired) electrons. The summed E-state index contributed by atoms with van der Waals surface area (Å²) in [5.41, 5.74) is 1.74. The highest BCUT2D eigenvalue weighted by Gasteiger charge is 2.29. The number of ether oxygens (including phenoxy) is 1. The van der Waals surface area contributed by atoms with Crippen molar-refractivity contribution in [2.24, 2.45) is 13.0 Å². The highest BCUT2D eigenvalue weighted by Crippen LogP contribution is 2.40. The second kappa shape index (κ2) is 8.59. The lowest BCUT2D eigenvalue weighted by molar-refractivity contribution is 0.0526. The van der Waals surface area contributed by atoms with Gasteiger partial charge in [0.1, 0.15) is 10.7 Å². The molecule has 28 heavy (non-hydrogen) atoms. The molecule has 10 heteroatoms. The number of hydrogen-bond donors (Lipinski definition) is 2. The van der Waals surface area contributed by atoms with Crippen molar-refractivity contribution in [3.8, 4) is 0 Å². The molecule has 2 N–H and O–H groups in total. The van der Waals surface area contributed by atoms with E-state index in [0.29, 0.717) is 23.1 Å². The zero-order valence-electron chi connectivity index (χ0n) is 15.8. The van der Waals surface area contributed by atoms with E-state index in [-0.39, 0.29) is 21.8 Å². The second-order valence-corrected chi connectivity index (χ2v) is 8.57. The van der Waals surface area contributed by atoms with Crippen LogP contribution in [-0.4, -0.2) is 33.4 Å². The smallest absolute Gasteiger partial charge is 0.341 e. The van der Waals surface area contributed by atoms with Crippen molar-refractivity contribution in [1.82, 2.24) is 15.1 Å². The van der Waals surface area contributed by atoms with Gasteiger partial charge >= 0.3 is 5.97 Å². The molecule has 7 nitrogen and oxygen atoms in total. The number of amides is 1. The molecule has 0 saturated heterocycles. The first-order valence-electron chi connectivity index (χ1n) is 8.93. The van der Waals surface area contributed by atoms with Crippen molar-refractivity contribution >= 4 is 57.1 Å². The normalized spacial score (nSPS) is 15.6. The number of fused-ring (bicyclic) bond motifs is 1. The van der Waals surface area contributed by atoms with E-state index in [0.717, 1.165) is 29.7 Å². The van der Waals surface area contributed by atoms with Crippen LogP contribution < -0.4 is 10.6 Å². The highest BCUT2D eigenvalue weighted by molar-refractivity contribution is 7.80. The largest absolute Gasteiger partial charge is 0.462 e. The highest BCUT2D eigenvalue weighted by atomic mass is 35.5. The third-order valence-corrected chi connectivity index (χ3v) is 6.21. The van der Waals surface area contributed by atoms with Crippen LogP contribution in [0.5, 0.6) is 0 Å². The van der Waals surface area contributed by atoms with Gasteiger partial charge in [-0.2, -0.15) is 5.10 Å². The Balaban J connectivity index is 1.82. The van der Waals surface area contributed by atoms with Crippen LogP contribution in [0.1, 0.15) is 51.6 Å². The van der Waals surface area contributed by atoms with E-state index in [1.165, 1.54) is 22.2 Å². The molecule has 1 aliphatic carbocycles. The molecule has 0 unspecified atom stereocenters. The fraction of sp³-hybridized carbons (Fsp3) is 0.444. The Kier molecular flexibility index (Phi) is 6.36. The lowest BCUT2D eigenvalue weighted by Crippen LogP contribution is -2.35. The summed E-state index contributed by atoms with van der Waals surface area (Å²) in [5, 5.41) is 10.4. The number of carbonyl (C=O) groups is 2. The number of rotatable bonds is 4. The molecular formula is C18H21ClN4O3S2. The van der Waals surface area contributed by atoms with Gasteiger partial charge in [0, 0.05) is 11.9 Å². The molecule has 2 aromatic rings. The van der Waals surface area contributed by atoms with E-state index >= 15 is 0 Å². The van der Waals surface area contributed by atoms with Crippen molar-refractivity contribution in [2.45, 2.75) is 33.1 Å². The van der Waals surface area contributed by atoms with E-state index in [1.54, 1.807) is 14.0 Å². The molecule has 2 aromatic heterocycles. The summed E-state index contributed by atoms with van der Waals surface area (Å²) in [7, 11) is 1.62. The lowest BCUT2D eigenvalue weighted by Gasteiger charge is -2.18. The Labute approximate surface area is 177 Å². The van der Waals surface area contributed by atoms with Gasteiger partial charge in [-0.05, 0) is 49.9 Å². The molecule has 0 aliphatic heterocycles. The summed E-state index contributed by atoms with van der Waals surface area (Å²) in [6, 6.07) is 0. The lowest BCUT2D eigenvalue weighted by atomic mass is 9.88. The number of hydrogen-bond acceptors (Lipinski definition) is 6. The molecule has 0 saturated carbocycles. The van der Waals surface area contributed by atoms with E-state index in [2.05, 4.69) is 22.7 Å². The predicted octanol–water partition coefficient (Wildman–Crippen LogP) is 3.56. The minimum absolute atomic E-state index is 0.0828.